The standard InChI is InChI=1S/C15H12O3/c16-12-7-6-11-8-14(18-15(11)9-12)10-17-13-4-2-1-3-5-13/h1-9,16H,10H2. The van der Waals surface area contributed by atoms with Crippen molar-refractivity contribution in [2.45, 2.75) is 6.61 Å². The minimum Gasteiger partial charge on any atom is -0.508 e. The SMILES string of the molecule is Oc1ccc2cc(COc3ccccc3)oc2c1. The van der Waals surface area contributed by atoms with Gasteiger partial charge >= 0.3 is 0 Å². The van der Waals surface area contributed by atoms with Crippen molar-refractivity contribution in [3.8, 4) is 11.5 Å². The Morgan fingerprint density at radius 2 is 1.83 bits per heavy atom. The van der Waals surface area contributed by atoms with Crippen molar-refractivity contribution in [3.63, 3.8) is 0 Å². The van der Waals surface area contributed by atoms with E-state index in [1.54, 1.807) is 12.1 Å². The molecule has 0 spiro atoms. The number of hydrogen-bond acceptors (Lipinski definition) is 3. The van der Waals surface area contributed by atoms with E-state index in [-0.39, 0.29) is 5.75 Å². The summed E-state index contributed by atoms with van der Waals surface area (Å²) in [5, 5.41) is 10.3. The van der Waals surface area contributed by atoms with Crippen LogP contribution in [0, 0.1) is 0 Å². The lowest BCUT2D eigenvalue weighted by Gasteiger charge is -2.02. The Morgan fingerprint density at radius 3 is 2.67 bits per heavy atom. The van der Waals surface area contributed by atoms with E-state index >= 15 is 0 Å². The van der Waals surface area contributed by atoms with Gasteiger partial charge in [-0.2, -0.15) is 0 Å². The molecule has 3 nitrogen and oxygen atoms in total. The summed E-state index contributed by atoms with van der Waals surface area (Å²) in [6, 6.07) is 16.6. The van der Waals surface area contributed by atoms with Gasteiger partial charge in [0, 0.05) is 11.5 Å². The zero-order valence-corrected chi connectivity index (χ0v) is 9.67. The van der Waals surface area contributed by atoms with Gasteiger partial charge in [0.15, 0.2) is 0 Å². The first-order valence-electron chi connectivity index (χ1n) is 5.70. The second-order valence-corrected chi connectivity index (χ2v) is 4.04. The van der Waals surface area contributed by atoms with Crippen LogP contribution in [0.2, 0.25) is 0 Å². The molecule has 3 rings (SSSR count). The van der Waals surface area contributed by atoms with Crippen molar-refractivity contribution in [2.24, 2.45) is 0 Å². The number of aromatic hydroxyl groups is 1. The minimum atomic E-state index is 0.201. The van der Waals surface area contributed by atoms with Crippen molar-refractivity contribution < 1.29 is 14.3 Å². The molecule has 0 radical (unpaired) electrons. The molecule has 0 aliphatic rings. The normalized spacial score (nSPS) is 10.7. The second kappa shape index (κ2) is 4.45. The van der Waals surface area contributed by atoms with Crippen LogP contribution in [-0.2, 0) is 6.61 Å². The molecule has 3 heteroatoms. The summed E-state index contributed by atoms with van der Waals surface area (Å²) in [6.45, 7) is 0.374. The lowest BCUT2D eigenvalue weighted by Crippen LogP contribution is -1.92. The Morgan fingerprint density at radius 1 is 1.00 bits per heavy atom. The summed E-state index contributed by atoms with van der Waals surface area (Å²) in [5.74, 6) is 1.74. The first-order valence-corrected chi connectivity index (χ1v) is 5.70. The minimum absolute atomic E-state index is 0.201. The first-order chi connectivity index (χ1) is 8.81. The highest BCUT2D eigenvalue weighted by molar-refractivity contribution is 5.79. The monoisotopic (exact) mass is 240 g/mol. The highest BCUT2D eigenvalue weighted by Crippen LogP contribution is 2.24. The van der Waals surface area contributed by atoms with E-state index in [1.165, 1.54) is 0 Å². The number of phenolic OH excluding ortho intramolecular Hbond substituents is 1. The molecule has 1 heterocycles. The molecule has 0 unspecified atom stereocenters. The van der Waals surface area contributed by atoms with E-state index in [0.29, 0.717) is 12.2 Å². The molecule has 0 aliphatic carbocycles. The first kappa shape index (κ1) is 10.7. The lowest BCUT2D eigenvalue weighted by molar-refractivity contribution is 0.274. The zero-order chi connectivity index (χ0) is 12.4. The van der Waals surface area contributed by atoms with Gasteiger partial charge in [0.1, 0.15) is 29.4 Å². The lowest BCUT2D eigenvalue weighted by atomic mass is 10.2. The Kier molecular flexibility index (Phi) is 2.65. The van der Waals surface area contributed by atoms with Crippen molar-refractivity contribution in [2.75, 3.05) is 0 Å². The summed E-state index contributed by atoms with van der Waals surface area (Å²) < 4.78 is 11.2. The number of benzene rings is 2. The largest absolute Gasteiger partial charge is 0.508 e. The van der Waals surface area contributed by atoms with Gasteiger partial charge in [0.25, 0.3) is 0 Å². The smallest absolute Gasteiger partial charge is 0.146 e. The number of fused-ring (bicyclic) bond motifs is 1. The predicted molar refractivity (Wildman–Crippen MR) is 68.7 cm³/mol. The average Bonchev–Trinajstić information content (AvgIpc) is 2.79. The summed E-state index contributed by atoms with van der Waals surface area (Å²) >= 11 is 0. The number of hydrogen-bond donors (Lipinski definition) is 1. The van der Waals surface area contributed by atoms with Crippen LogP contribution in [0.15, 0.2) is 59.0 Å². The molecule has 0 aliphatic heterocycles. The van der Waals surface area contributed by atoms with Crippen LogP contribution in [-0.4, -0.2) is 5.11 Å². The number of furan rings is 1. The molecule has 0 amide bonds. The van der Waals surface area contributed by atoms with Crippen LogP contribution in [0.4, 0.5) is 0 Å². The molecule has 0 saturated heterocycles. The maximum absolute atomic E-state index is 9.36. The molecule has 90 valence electrons. The number of rotatable bonds is 3. The molecule has 0 atom stereocenters. The van der Waals surface area contributed by atoms with Crippen LogP contribution < -0.4 is 4.74 Å². The molecule has 1 N–H and O–H groups in total. The van der Waals surface area contributed by atoms with Gasteiger partial charge in [-0.15, -0.1) is 0 Å². The molecular weight excluding hydrogens is 228 g/mol. The van der Waals surface area contributed by atoms with Crippen molar-refractivity contribution in [1.29, 1.82) is 0 Å². The van der Waals surface area contributed by atoms with Gasteiger partial charge < -0.3 is 14.3 Å². The van der Waals surface area contributed by atoms with Crippen molar-refractivity contribution >= 4 is 11.0 Å². The molecule has 0 saturated carbocycles. The Bertz CT molecular complexity index is 656. The maximum atomic E-state index is 9.36. The van der Waals surface area contributed by atoms with Gasteiger partial charge in [-0.25, -0.2) is 0 Å². The van der Waals surface area contributed by atoms with Crippen LogP contribution in [0.25, 0.3) is 11.0 Å². The number of para-hydroxylation sites is 1. The van der Waals surface area contributed by atoms with E-state index in [0.717, 1.165) is 16.9 Å². The van der Waals surface area contributed by atoms with E-state index in [9.17, 15) is 5.11 Å². The predicted octanol–water partition coefficient (Wildman–Crippen LogP) is 3.72. The van der Waals surface area contributed by atoms with Gasteiger partial charge in [0.2, 0.25) is 0 Å². The van der Waals surface area contributed by atoms with E-state index in [2.05, 4.69) is 0 Å². The van der Waals surface area contributed by atoms with Crippen LogP contribution in [0.5, 0.6) is 11.5 Å². The summed E-state index contributed by atoms with van der Waals surface area (Å²) in [4.78, 5) is 0. The summed E-state index contributed by atoms with van der Waals surface area (Å²) in [6.07, 6.45) is 0. The summed E-state index contributed by atoms with van der Waals surface area (Å²) in [7, 11) is 0. The molecule has 3 aromatic rings. The second-order valence-electron chi connectivity index (χ2n) is 4.04. The molecule has 0 bridgehead atoms. The van der Waals surface area contributed by atoms with Crippen molar-refractivity contribution in [3.05, 3.63) is 60.4 Å². The van der Waals surface area contributed by atoms with Gasteiger partial charge in [-0.1, -0.05) is 18.2 Å². The van der Waals surface area contributed by atoms with Gasteiger partial charge in [-0.3, -0.25) is 0 Å². The Hall–Kier alpha value is -2.42. The fourth-order valence-corrected chi connectivity index (χ4v) is 1.82. The fourth-order valence-electron chi connectivity index (χ4n) is 1.82. The van der Waals surface area contributed by atoms with Crippen LogP contribution >= 0.6 is 0 Å². The Balaban J connectivity index is 1.79. The molecule has 0 fully saturated rings. The molecular formula is C15H12O3. The quantitative estimate of drug-likeness (QED) is 0.758. The molecule has 2 aromatic carbocycles. The van der Waals surface area contributed by atoms with Gasteiger partial charge in [0.05, 0.1) is 0 Å². The van der Waals surface area contributed by atoms with Gasteiger partial charge in [-0.05, 0) is 30.3 Å². The highest BCUT2D eigenvalue weighted by atomic mass is 16.5. The third-order valence-electron chi connectivity index (χ3n) is 2.68. The topological polar surface area (TPSA) is 42.6 Å². The molecule has 1 aromatic heterocycles. The van der Waals surface area contributed by atoms with E-state index < -0.39 is 0 Å². The maximum Gasteiger partial charge on any atom is 0.146 e. The van der Waals surface area contributed by atoms with E-state index in [4.69, 9.17) is 9.15 Å². The van der Waals surface area contributed by atoms with Crippen LogP contribution in [0.1, 0.15) is 5.76 Å². The fraction of sp³-hybridized carbons (Fsp3) is 0.0667. The average molecular weight is 240 g/mol. The number of ether oxygens (including phenoxy) is 1. The van der Waals surface area contributed by atoms with Crippen molar-refractivity contribution in [1.82, 2.24) is 0 Å². The summed E-state index contributed by atoms with van der Waals surface area (Å²) in [5.41, 5.74) is 0.668. The number of phenols is 1. The van der Waals surface area contributed by atoms with Crippen LogP contribution in [0.3, 0.4) is 0 Å². The zero-order valence-electron chi connectivity index (χ0n) is 9.67. The third-order valence-corrected chi connectivity index (χ3v) is 2.68. The van der Waals surface area contributed by atoms with E-state index in [1.807, 2.05) is 42.5 Å². The Labute approximate surface area is 104 Å². The third kappa shape index (κ3) is 2.15. The molecule has 18 heavy (non-hydrogen) atoms. The highest BCUT2D eigenvalue weighted by Gasteiger charge is 2.05.